The molecule has 3 rings (SSSR count). The second kappa shape index (κ2) is 10.8. The number of aliphatic hydroxyl groups excluding tert-OH is 2. The Morgan fingerprint density at radius 1 is 1.40 bits per heavy atom. The number of ether oxygens (including phenoxy) is 1. The second-order valence-electron chi connectivity index (χ2n) is 7.42. The zero-order valence-electron chi connectivity index (χ0n) is 19.3. The molecule has 5 N–H and O–H groups in total. The first-order valence-corrected chi connectivity index (χ1v) is 10.3. The third-order valence-corrected chi connectivity index (χ3v) is 5.07. The Hall–Kier alpha value is -4.19. The number of nitrogens with two attached hydrogens (primary N) is 1. The fourth-order valence-electron chi connectivity index (χ4n) is 3.34. The molecule has 0 saturated carbocycles. The van der Waals surface area contributed by atoms with Crippen LogP contribution in [0.15, 0.2) is 28.1 Å². The molecule has 3 heterocycles. The summed E-state index contributed by atoms with van der Waals surface area (Å²) >= 11 is 0. The maximum absolute atomic E-state index is 12.5. The number of carbonyl (C=O) groups excluding carboxylic acids is 2. The van der Waals surface area contributed by atoms with Crippen LogP contribution in [0, 0.1) is 11.8 Å². The number of nitrogens with zero attached hydrogens (tertiary/aromatic N) is 7. The monoisotopic (exact) mass is 483 g/mol. The van der Waals surface area contributed by atoms with Crippen molar-refractivity contribution < 1.29 is 24.5 Å². The van der Waals surface area contributed by atoms with Gasteiger partial charge in [0.05, 0.1) is 18.4 Å². The number of anilines is 1. The first kappa shape index (κ1) is 25.4. The lowest BCUT2D eigenvalue weighted by molar-refractivity contribution is -0.137. The van der Waals surface area contributed by atoms with Crippen LogP contribution in [0.2, 0.25) is 0 Å². The number of rotatable bonds is 6. The van der Waals surface area contributed by atoms with Crippen molar-refractivity contribution in [3.8, 4) is 11.8 Å². The zero-order valence-corrected chi connectivity index (χ0v) is 19.3. The molecule has 35 heavy (non-hydrogen) atoms. The van der Waals surface area contributed by atoms with Crippen molar-refractivity contribution in [2.45, 2.75) is 24.5 Å². The van der Waals surface area contributed by atoms with Gasteiger partial charge in [-0.15, -0.1) is 0 Å². The van der Waals surface area contributed by atoms with E-state index in [4.69, 9.17) is 10.5 Å². The van der Waals surface area contributed by atoms with Crippen LogP contribution in [0.25, 0.3) is 11.2 Å². The van der Waals surface area contributed by atoms with Gasteiger partial charge in [0.25, 0.3) is 11.8 Å². The average molecular weight is 483 g/mol. The minimum Gasteiger partial charge on any atom is -0.387 e. The highest BCUT2D eigenvalue weighted by atomic mass is 16.6. The number of fused-ring (bicyclic) bond motifs is 1. The van der Waals surface area contributed by atoms with E-state index in [-0.39, 0.29) is 40.8 Å². The Bertz CT molecular complexity index is 1260. The Kier molecular flexibility index (Phi) is 7.87. The normalized spacial score (nSPS) is 22.1. The van der Waals surface area contributed by atoms with E-state index < -0.39 is 30.4 Å². The Morgan fingerprint density at radius 2 is 2.14 bits per heavy atom. The Morgan fingerprint density at radius 3 is 2.80 bits per heavy atom. The van der Waals surface area contributed by atoms with E-state index in [1.165, 1.54) is 42.3 Å². The Labute approximate surface area is 200 Å². The van der Waals surface area contributed by atoms with Crippen LogP contribution >= 0.6 is 0 Å². The van der Waals surface area contributed by atoms with E-state index in [0.29, 0.717) is 0 Å². The lowest BCUT2D eigenvalue weighted by Gasteiger charge is -2.16. The first-order valence-electron chi connectivity index (χ1n) is 10.3. The standard InChI is InChI=1S/C21H25N9O5/c1-23-8-11(9-24-2)20(34)29(4)7-5-6-12-27-17(22)13-18(28-12)30(10-26-13)21-15(32)14(31)16(35-21)19(33)25-3/h8-10,14-16,21,31-32H,1,7H2,2-4H3,(H,25,33)(H2,22,27,28)/b11-8+,24-9?/t14-,15+,16-,21+/m0/s1. The average Bonchev–Trinajstić information content (AvgIpc) is 3.39. The van der Waals surface area contributed by atoms with Gasteiger partial charge in [-0.3, -0.25) is 24.1 Å². The number of hydrogen-bond acceptors (Lipinski definition) is 11. The van der Waals surface area contributed by atoms with Gasteiger partial charge in [-0.2, -0.15) is 0 Å². The molecule has 2 amide bonds. The number of carbonyl (C=O) groups is 2. The van der Waals surface area contributed by atoms with Crippen LogP contribution in [0.3, 0.4) is 0 Å². The van der Waals surface area contributed by atoms with Crippen molar-refractivity contribution in [3.05, 3.63) is 23.9 Å². The molecule has 4 atom stereocenters. The largest absolute Gasteiger partial charge is 0.387 e. The van der Waals surface area contributed by atoms with E-state index >= 15 is 0 Å². The maximum atomic E-state index is 12.5. The molecule has 0 bridgehead atoms. The van der Waals surface area contributed by atoms with Crippen molar-refractivity contribution in [1.82, 2.24) is 29.7 Å². The molecule has 14 heteroatoms. The van der Waals surface area contributed by atoms with Crippen molar-refractivity contribution in [2.75, 3.05) is 33.4 Å². The van der Waals surface area contributed by atoms with Crippen LogP contribution < -0.4 is 11.1 Å². The van der Waals surface area contributed by atoms with Gasteiger partial charge < -0.3 is 30.9 Å². The summed E-state index contributed by atoms with van der Waals surface area (Å²) in [7, 11) is 4.47. The molecule has 0 aromatic carbocycles. The molecule has 1 saturated heterocycles. The van der Waals surface area contributed by atoms with Crippen molar-refractivity contribution in [2.24, 2.45) is 9.98 Å². The van der Waals surface area contributed by atoms with Crippen LogP contribution in [0.4, 0.5) is 5.82 Å². The quantitative estimate of drug-likeness (QED) is 0.202. The predicted octanol–water partition coefficient (Wildman–Crippen LogP) is -2.13. The van der Waals surface area contributed by atoms with Crippen molar-refractivity contribution >= 4 is 41.7 Å². The highest BCUT2D eigenvalue weighted by molar-refractivity contribution is 6.12. The fraction of sp³-hybridized carbons (Fsp3) is 0.381. The van der Waals surface area contributed by atoms with Gasteiger partial charge in [-0.25, -0.2) is 15.0 Å². The van der Waals surface area contributed by atoms with Gasteiger partial charge in [0.1, 0.15) is 17.7 Å². The molecule has 1 aliphatic heterocycles. The molecule has 184 valence electrons. The molecular weight excluding hydrogens is 458 g/mol. The Balaban J connectivity index is 1.86. The molecule has 0 radical (unpaired) electrons. The van der Waals surface area contributed by atoms with Gasteiger partial charge in [0, 0.05) is 33.6 Å². The summed E-state index contributed by atoms with van der Waals surface area (Å²) in [5.74, 6) is 4.65. The summed E-state index contributed by atoms with van der Waals surface area (Å²) in [5.41, 5.74) is 6.65. The minimum absolute atomic E-state index is 0.0276. The van der Waals surface area contributed by atoms with Gasteiger partial charge in [0.15, 0.2) is 23.8 Å². The van der Waals surface area contributed by atoms with E-state index in [2.05, 4.69) is 48.8 Å². The second-order valence-corrected chi connectivity index (χ2v) is 7.42. The van der Waals surface area contributed by atoms with Gasteiger partial charge in [-0.1, -0.05) is 5.92 Å². The number of imidazole rings is 1. The number of hydrogen-bond donors (Lipinski definition) is 4. The maximum Gasteiger partial charge on any atom is 0.257 e. The molecule has 0 spiro atoms. The highest BCUT2D eigenvalue weighted by Crippen LogP contribution is 2.32. The third kappa shape index (κ3) is 5.17. The van der Waals surface area contributed by atoms with Crippen LogP contribution in [0.5, 0.6) is 0 Å². The molecule has 1 fully saturated rings. The zero-order chi connectivity index (χ0) is 25.7. The molecule has 2 aromatic heterocycles. The summed E-state index contributed by atoms with van der Waals surface area (Å²) in [6, 6.07) is 0. The molecular formula is C21H25N9O5. The lowest BCUT2D eigenvalue weighted by atomic mass is 10.1. The molecule has 14 nitrogen and oxygen atoms in total. The number of likely N-dealkylation sites (N-methyl/N-ethyl adjacent to an activating group) is 2. The van der Waals surface area contributed by atoms with Crippen molar-refractivity contribution in [3.63, 3.8) is 0 Å². The van der Waals surface area contributed by atoms with Gasteiger partial charge in [-0.05, 0) is 12.6 Å². The van der Waals surface area contributed by atoms with Gasteiger partial charge in [0.2, 0.25) is 5.82 Å². The van der Waals surface area contributed by atoms with E-state index in [0.717, 1.165) is 0 Å². The number of aliphatic hydroxyl groups is 2. The summed E-state index contributed by atoms with van der Waals surface area (Å²) in [5, 5.41) is 23.0. The molecule has 2 aromatic rings. The summed E-state index contributed by atoms with van der Waals surface area (Å²) in [6.45, 7) is 3.37. The fourth-order valence-corrected chi connectivity index (χ4v) is 3.34. The summed E-state index contributed by atoms with van der Waals surface area (Å²) in [6.07, 6.45) is -1.36. The third-order valence-electron chi connectivity index (χ3n) is 5.07. The molecule has 1 aliphatic rings. The number of aliphatic imine (C=N–C) groups is 2. The van der Waals surface area contributed by atoms with Crippen LogP contribution in [-0.4, -0.2) is 105 Å². The lowest BCUT2D eigenvalue weighted by Crippen LogP contribution is -2.41. The summed E-state index contributed by atoms with van der Waals surface area (Å²) in [4.78, 5) is 45.8. The number of nitrogens with one attached hydrogen (secondary N) is 1. The van der Waals surface area contributed by atoms with Crippen LogP contribution in [0.1, 0.15) is 12.1 Å². The molecule has 0 unspecified atom stereocenters. The van der Waals surface area contributed by atoms with E-state index in [1.807, 2.05) is 0 Å². The topological polar surface area (TPSA) is 193 Å². The van der Waals surface area contributed by atoms with Gasteiger partial charge >= 0.3 is 0 Å². The number of aromatic nitrogens is 4. The minimum atomic E-state index is -1.46. The summed E-state index contributed by atoms with van der Waals surface area (Å²) < 4.78 is 6.92. The van der Waals surface area contributed by atoms with Crippen molar-refractivity contribution in [1.29, 1.82) is 0 Å². The SMILES string of the molecule is C=N/C=C(\C=NC)C(=O)N(C)CC#Cc1nc(N)c2ncn([C@@H]3O[C@H](C(=O)NC)[C@@H](O)[C@H]3O)c2n1. The van der Waals surface area contributed by atoms with Crippen LogP contribution in [-0.2, 0) is 14.3 Å². The predicted molar refractivity (Wildman–Crippen MR) is 126 cm³/mol. The number of amides is 2. The smallest absolute Gasteiger partial charge is 0.257 e. The van der Waals surface area contributed by atoms with E-state index in [1.54, 1.807) is 7.05 Å². The van der Waals surface area contributed by atoms with E-state index in [9.17, 15) is 19.8 Å². The first-order chi connectivity index (χ1) is 16.7. The number of nitrogen functional groups attached to an aromatic ring is 1. The highest BCUT2D eigenvalue weighted by Gasteiger charge is 2.47. The molecule has 0 aliphatic carbocycles.